The quantitative estimate of drug-likeness (QED) is 0.420. The second-order valence-electron chi connectivity index (χ2n) is 9.54. The van der Waals surface area contributed by atoms with Crippen LogP contribution in [-0.4, -0.2) is 49.3 Å². The Labute approximate surface area is 221 Å². The van der Waals surface area contributed by atoms with E-state index in [4.69, 9.17) is 10.5 Å². The van der Waals surface area contributed by atoms with Crippen molar-refractivity contribution < 1.29 is 26.7 Å². The fourth-order valence-electron chi connectivity index (χ4n) is 3.67. The first kappa shape index (κ1) is 28.6. The smallest absolute Gasteiger partial charge is 0.410 e. The molecule has 0 bridgehead atoms. The first-order valence-electron chi connectivity index (χ1n) is 11.6. The van der Waals surface area contributed by atoms with Gasteiger partial charge in [-0.2, -0.15) is 0 Å². The van der Waals surface area contributed by atoms with Crippen molar-refractivity contribution in [2.45, 2.75) is 37.8 Å². The number of hydrogen-bond donors (Lipinski definition) is 1. The first-order chi connectivity index (χ1) is 17.8. The zero-order chi connectivity index (χ0) is 28.3. The highest BCUT2D eigenvalue weighted by Gasteiger charge is 2.26. The third kappa shape index (κ3) is 6.46. The number of nitrogens with two attached hydrogens (primary N) is 1. The lowest BCUT2D eigenvalue weighted by atomic mass is 10.1. The van der Waals surface area contributed by atoms with Crippen molar-refractivity contribution in [1.82, 2.24) is 8.87 Å². The van der Waals surface area contributed by atoms with E-state index in [1.54, 1.807) is 26.8 Å². The van der Waals surface area contributed by atoms with Gasteiger partial charge in [0.2, 0.25) is 0 Å². The Kier molecular flexibility index (Phi) is 8.41. The Morgan fingerprint density at radius 3 is 2.45 bits per heavy atom. The molecule has 2 aromatic carbocycles. The van der Waals surface area contributed by atoms with Gasteiger partial charge in [0, 0.05) is 43.8 Å². The van der Waals surface area contributed by atoms with E-state index in [0.29, 0.717) is 11.1 Å². The maximum absolute atomic E-state index is 14.8. The molecule has 0 saturated heterocycles. The van der Waals surface area contributed by atoms with Gasteiger partial charge >= 0.3 is 6.09 Å². The van der Waals surface area contributed by atoms with E-state index in [9.17, 15) is 22.0 Å². The van der Waals surface area contributed by atoms with E-state index < -0.39 is 33.4 Å². The molecular formula is C27H30F2N4O4S. The molecule has 8 nitrogen and oxygen atoms in total. The van der Waals surface area contributed by atoms with Crippen LogP contribution in [-0.2, 0) is 21.3 Å². The summed E-state index contributed by atoms with van der Waals surface area (Å²) in [6.45, 7) is 5.15. The van der Waals surface area contributed by atoms with E-state index in [1.807, 2.05) is 0 Å². The SMILES string of the molecule is CN=CC(=CN)c1cc(F)cc(S(=O)(=O)n2cc(CN(C)C(=O)OC(C)(C)C)cc2-c2ccccc2F)c1. The Bertz CT molecular complexity index is 1510. The summed E-state index contributed by atoms with van der Waals surface area (Å²) in [5.41, 5.74) is 5.81. The first-order valence-corrected chi connectivity index (χ1v) is 13.0. The van der Waals surface area contributed by atoms with Crippen LogP contribution in [0.5, 0.6) is 0 Å². The van der Waals surface area contributed by atoms with E-state index in [1.165, 1.54) is 67.9 Å². The zero-order valence-electron chi connectivity index (χ0n) is 21.8. The van der Waals surface area contributed by atoms with Gasteiger partial charge in [-0.1, -0.05) is 12.1 Å². The predicted octanol–water partition coefficient (Wildman–Crippen LogP) is 5.04. The predicted molar refractivity (Wildman–Crippen MR) is 143 cm³/mol. The maximum atomic E-state index is 14.8. The summed E-state index contributed by atoms with van der Waals surface area (Å²) in [7, 11) is -1.44. The number of nitrogens with zero attached hydrogens (tertiary/aromatic N) is 3. The van der Waals surface area contributed by atoms with Crippen LogP contribution in [0.3, 0.4) is 0 Å². The second kappa shape index (κ2) is 11.2. The summed E-state index contributed by atoms with van der Waals surface area (Å²) >= 11 is 0. The lowest BCUT2D eigenvalue weighted by molar-refractivity contribution is 0.0285. The third-order valence-electron chi connectivity index (χ3n) is 5.33. The van der Waals surface area contributed by atoms with Gasteiger partial charge in [-0.15, -0.1) is 0 Å². The highest BCUT2D eigenvalue weighted by atomic mass is 32.2. The largest absolute Gasteiger partial charge is 0.444 e. The molecule has 38 heavy (non-hydrogen) atoms. The fraction of sp³-hybridized carbons (Fsp3) is 0.259. The Morgan fingerprint density at radius 1 is 1.16 bits per heavy atom. The maximum Gasteiger partial charge on any atom is 0.410 e. The number of benzene rings is 2. The summed E-state index contributed by atoms with van der Waals surface area (Å²) in [5, 5.41) is 0. The van der Waals surface area contributed by atoms with E-state index in [2.05, 4.69) is 4.99 Å². The molecule has 0 unspecified atom stereocenters. The molecule has 3 rings (SSSR count). The summed E-state index contributed by atoms with van der Waals surface area (Å²) in [4.78, 5) is 17.2. The molecule has 11 heteroatoms. The standard InChI is InChI=1S/C27H30F2N4O4S/c1-27(2,3)37-26(34)32(5)16-18-10-25(23-8-6-7-9-24(23)29)33(17-18)38(35,36)22-12-19(11-21(28)13-22)20(14-30)15-31-4/h6-15,17H,16,30H2,1-5H3. The minimum absolute atomic E-state index is 0.00575. The van der Waals surface area contributed by atoms with E-state index >= 15 is 0 Å². The number of aromatic nitrogens is 1. The van der Waals surface area contributed by atoms with Gasteiger partial charge < -0.3 is 15.4 Å². The van der Waals surface area contributed by atoms with Crippen LogP contribution in [0, 0.1) is 11.6 Å². The van der Waals surface area contributed by atoms with Crippen LogP contribution in [0.25, 0.3) is 16.8 Å². The van der Waals surface area contributed by atoms with Crippen molar-refractivity contribution in [3.05, 3.63) is 83.7 Å². The fourth-order valence-corrected chi connectivity index (χ4v) is 5.12. The number of aliphatic imine (C=N–C) groups is 1. The number of hydrogen-bond acceptors (Lipinski definition) is 6. The van der Waals surface area contributed by atoms with Gasteiger partial charge in [-0.3, -0.25) is 4.99 Å². The summed E-state index contributed by atoms with van der Waals surface area (Å²) in [6, 6.07) is 10.4. The Hall–Kier alpha value is -3.99. The monoisotopic (exact) mass is 544 g/mol. The van der Waals surface area contributed by atoms with Gasteiger partial charge in [0.05, 0.1) is 17.1 Å². The number of ether oxygens (including phenoxy) is 1. The highest BCUT2D eigenvalue weighted by Crippen LogP contribution is 2.31. The van der Waals surface area contributed by atoms with Crippen molar-refractivity contribution >= 4 is 27.9 Å². The number of halogens is 2. The Morgan fingerprint density at radius 2 is 1.84 bits per heavy atom. The van der Waals surface area contributed by atoms with Crippen molar-refractivity contribution in [3.8, 4) is 11.3 Å². The number of allylic oxidation sites excluding steroid dienone is 1. The Balaban J connectivity index is 2.15. The molecule has 0 radical (unpaired) electrons. The normalized spacial score (nSPS) is 12.7. The molecule has 202 valence electrons. The van der Waals surface area contributed by atoms with Crippen LogP contribution < -0.4 is 5.73 Å². The van der Waals surface area contributed by atoms with E-state index in [-0.39, 0.29) is 28.3 Å². The topological polar surface area (TPSA) is 107 Å². The van der Waals surface area contributed by atoms with Crippen molar-refractivity contribution in [1.29, 1.82) is 0 Å². The molecule has 3 aromatic rings. The molecule has 0 saturated carbocycles. The minimum Gasteiger partial charge on any atom is -0.444 e. The third-order valence-corrected chi connectivity index (χ3v) is 6.98. The molecule has 0 atom stereocenters. The molecule has 1 aromatic heterocycles. The summed E-state index contributed by atoms with van der Waals surface area (Å²) in [6.07, 6.45) is 3.21. The van der Waals surface area contributed by atoms with Gasteiger partial charge in [-0.05, 0) is 68.3 Å². The number of carbonyl (C=O) groups is 1. The van der Waals surface area contributed by atoms with Crippen molar-refractivity contribution in [3.63, 3.8) is 0 Å². The van der Waals surface area contributed by atoms with Gasteiger partial charge in [0.15, 0.2) is 0 Å². The van der Waals surface area contributed by atoms with Gasteiger partial charge in [0.1, 0.15) is 17.2 Å². The molecule has 0 spiro atoms. The number of carbonyl (C=O) groups excluding carboxylic acids is 1. The highest BCUT2D eigenvalue weighted by molar-refractivity contribution is 7.90. The molecule has 0 aliphatic heterocycles. The van der Waals surface area contributed by atoms with Crippen LogP contribution in [0.1, 0.15) is 31.9 Å². The molecule has 1 amide bonds. The zero-order valence-corrected chi connectivity index (χ0v) is 22.6. The molecule has 0 aliphatic carbocycles. The lowest BCUT2D eigenvalue weighted by Crippen LogP contribution is -2.33. The van der Waals surface area contributed by atoms with Crippen LogP contribution >= 0.6 is 0 Å². The summed E-state index contributed by atoms with van der Waals surface area (Å²) in [5.74, 6) is -1.46. The van der Waals surface area contributed by atoms with E-state index in [0.717, 1.165) is 16.1 Å². The summed E-state index contributed by atoms with van der Waals surface area (Å²) < 4.78 is 63.3. The van der Waals surface area contributed by atoms with Crippen molar-refractivity contribution in [2.24, 2.45) is 10.7 Å². The second-order valence-corrected chi connectivity index (χ2v) is 11.4. The number of amides is 1. The lowest BCUT2D eigenvalue weighted by Gasteiger charge is -2.24. The van der Waals surface area contributed by atoms with Crippen LogP contribution in [0.4, 0.5) is 13.6 Å². The molecule has 0 fully saturated rings. The average molecular weight is 545 g/mol. The number of rotatable bonds is 7. The van der Waals surface area contributed by atoms with Gasteiger partial charge in [0.25, 0.3) is 10.0 Å². The molecule has 0 aliphatic rings. The molecule has 1 heterocycles. The average Bonchev–Trinajstić information content (AvgIpc) is 3.25. The van der Waals surface area contributed by atoms with Crippen molar-refractivity contribution in [2.75, 3.05) is 14.1 Å². The molecular weight excluding hydrogens is 514 g/mol. The van der Waals surface area contributed by atoms with Gasteiger partial charge in [-0.25, -0.2) is 26.0 Å². The van der Waals surface area contributed by atoms with Crippen LogP contribution in [0.2, 0.25) is 0 Å². The molecule has 2 N–H and O–H groups in total. The van der Waals surface area contributed by atoms with Crippen LogP contribution in [0.15, 0.2) is 70.8 Å². The minimum atomic E-state index is -4.44.